The first-order chi connectivity index (χ1) is 5.24. The van der Waals surface area contributed by atoms with Crippen molar-refractivity contribution in [1.82, 2.24) is 4.98 Å². The molecule has 1 heterocycles. The van der Waals surface area contributed by atoms with Gasteiger partial charge in [0.25, 0.3) is 5.88 Å². The van der Waals surface area contributed by atoms with E-state index in [4.69, 9.17) is 4.74 Å². The summed E-state index contributed by atoms with van der Waals surface area (Å²) in [6.07, 6.45) is 0. The van der Waals surface area contributed by atoms with Gasteiger partial charge in [-0.05, 0) is 41.6 Å². The van der Waals surface area contributed by atoms with Crippen LogP contribution >= 0.6 is 22.6 Å². The summed E-state index contributed by atoms with van der Waals surface area (Å²) < 4.78 is 5.86. The van der Waals surface area contributed by atoms with E-state index in [0.29, 0.717) is 12.5 Å². The minimum atomic E-state index is 0.0901. The molecule has 11 heavy (non-hydrogen) atoms. The molecule has 0 amide bonds. The van der Waals surface area contributed by atoms with Crippen molar-refractivity contribution in [2.75, 3.05) is 6.61 Å². The fourth-order valence-corrected chi connectivity index (χ4v) is 1.05. The van der Waals surface area contributed by atoms with Crippen molar-refractivity contribution < 1.29 is 9.84 Å². The molecule has 60 valence electrons. The largest absolute Gasteiger partial charge is 0.503 e. The van der Waals surface area contributed by atoms with Crippen LogP contribution in [0.3, 0.4) is 0 Å². The normalized spacial score (nSPS) is 9.64. The molecule has 0 bridgehead atoms. The molecule has 1 aromatic rings. The van der Waals surface area contributed by atoms with E-state index in [1.54, 1.807) is 12.1 Å². The number of halogens is 1. The Bertz CT molecular complexity index is 252. The first-order valence-electron chi connectivity index (χ1n) is 3.22. The predicted molar refractivity (Wildman–Crippen MR) is 49.8 cm³/mol. The Hall–Kier alpha value is -0.520. The maximum absolute atomic E-state index is 9.18. The van der Waals surface area contributed by atoms with Gasteiger partial charge in [-0.1, -0.05) is 0 Å². The number of hydrogen-bond acceptors (Lipinski definition) is 3. The van der Waals surface area contributed by atoms with E-state index in [-0.39, 0.29) is 5.75 Å². The average molecular weight is 265 g/mol. The summed E-state index contributed by atoms with van der Waals surface area (Å²) in [4.78, 5) is 3.98. The highest BCUT2D eigenvalue weighted by Crippen LogP contribution is 2.23. The van der Waals surface area contributed by atoms with Gasteiger partial charge in [-0.15, -0.1) is 0 Å². The molecule has 0 radical (unpaired) electrons. The molecule has 0 fully saturated rings. The number of nitrogens with zero attached hydrogens (tertiary/aromatic N) is 1. The summed E-state index contributed by atoms with van der Waals surface area (Å²) in [5, 5.41) is 9.18. The van der Waals surface area contributed by atoms with Crippen LogP contribution in [-0.4, -0.2) is 16.7 Å². The summed E-state index contributed by atoms with van der Waals surface area (Å²) in [7, 11) is 0. The Morgan fingerprint density at radius 1 is 1.64 bits per heavy atom. The molecule has 0 unspecified atom stereocenters. The van der Waals surface area contributed by atoms with Crippen LogP contribution in [0, 0.1) is 3.70 Å². The third-order valence-electron chi connectivity index (χ3n) is 1.09. The van der Waals surface area contributed by atoms with Gasteiger partial charge in [0.15, 0.2) is 5.75 Å². The van der Waals surface area contributed by atoms with E-state index in [9.17, 15) is 5.11 Å². The monoisotopic (exact) mass is 265 g/mol. The first kappa shape index (κ1) is 8.58. The van der Waals surface area contributed by atoms with Crippen LogP contribution in [0.4, 0.5) is 0 Å². The minimum absolute atomic E-state index is 0.0901. The zero-order valence-electron chi connectivity index (χ0n) is 6.04. The molecule has 0 aliphatic carbocycles. The van der Waals surface area contributed by atoms with E-state index in [2.05, 4.69) is 27.6 Å². The second kappa shape index (κ2) is 3.75. The van der Waals surface area contributed by atoms with Gasteiger partial charge in [-0.3, -0.25) is 0 Å². The molecule has 0 saturated heterocycles. The molecule has 0 saturated carbocycles. The molecule has 0 aliphatic heterocycles. The van der Waals surface area contributed by atoms with Crippen molar-refractivity contribution in [2.24, 2.45) is 0 Å². The summed E-state index contributed by atoms with van der Waals surface area (Å²) in [5.74, 6) is 0.395. The molecule has 0 atom stereocenters. The highest BCUT2D eigenvalue weighted by Gasteiger charge is 2.02. The Balaban J connectivity index is 2.93. The number of rotatable bonds is 2. The van der Waals surface area contributed by atoms with Gasteiger partial charge in [0.05, 0.1) is 6.61 Å². The topological polar surface area (TPSA) is 42.4 Å². The lowest BCUT2D eigenvalue weighted by Crippen LogP contribution is -1.95. The molecular formula is C7H8INO2. The molecular weight excluding hydrogens is 257 g/mol. The molecule has 0 aromatic carbocycles. The quantitative estimate of drug-likeness (QED) is 0.654. The highest BCUT2D eigenvalue weighted by molar-refractivity contribution is 14.1. The van der Waals surface area contributed by atoms with Crippen LogP contribution < -0.4 is 4.74 Å². The van der Waals surface area contributed by atoms with E-state index in [1.165, 1.54) is 0 Å². The number of aromatic nitrogens is 1. The Morgan fingerprint density at radius 2 is 2.36 bits per heavy atom. The molecule has 3 nitrogen and oxygen atoms in total. The second-order valence-corrected chi connectivity index (χ2v) is 3.00. The van der Waals surface area contributed by atoms with Gasteiger partial charge < -0.3 is 9.84 Å². The third kappa shape index (κ3) is 2.21. The third-order valence-corrected chi connectivity index (χ3v) is 1.69. The van der Waals surface area contributed by atoms with Crippen molar-refractivity contribution in [3.8, 4) is 11.6 Å². The van der Waals surface area contributed by atoms with Crippen LogP contribution in [-0.2, 0) is 0 Å². The van der Waals surface area contributed by atoms with E-state index >= 15 is 0 Å². The second-order valence-electron chi connectivity index (χ2n) is 1.89. The minimum Gasteiger partial charge on any atom is -0.503 e. The van der Waals surface area contributed by atoms with E-state index in [0.717, 1.165) is 3.70 Å². The summed E-state index contributed by atoms with van der Waals surface area (Å²) in [6.45, 7) is 2.36. The molecule has 0 aliphatic rings. The SMILES string of the molecule is CCOc1nc(I)ccc1O. The number of pyridine rings is 1. The van der Waals surface area contributed by atoms with Crippen molar-refractivity contribution in [2.45, 2.75) is 6.92 Å². The zero-order valence-corrected chi connectivity index (χ0v) is 8.20. The lowest BCUT2D eigenvalue weighted by Gasteiger charge is -2.03. The van der Waals surface area contributed by atoms with Crippen molar-refractivity contribution >= 4 is 22.6 Å². The Morgan fingerprint density at radius 3 is 3.00 bits per heavy atom. The van der Waals surface area contributed by atoms with Crippen molar-refractivity contribution in [3.63, 3.8) is 0 Å². The molecule has 1 aromatic heterocycles. The fraction of sp³-hybridized carbons (Fsp3) is 0.286. The predicted octanol–water partition coefficient (Wildman–Crippen LogP) is 1.79. The van der Waals surface area contributed by atoms with Crippen LogP contribution in [0.25, 0.3) is 0 Å². The van der Waals surface area contributed by atoms with Crippen molar-refractivity contribution in [3.05, 3.63) is 15.8 Å². The van der Waals surface area contributed by atoms with Gasteiger partial charge in [0.1, 0.15) is 3.70 Å². The van der Waals surface area contributed by atoms with Gasteiger partial charge >= 0.3 is 0 Å². The number of ether oxygens (including phenoxy) is 1. The maximum atomic E-state index is 9.18. The van der Waals surface area contributed by atoms with E-state index < -0.39 is 0 Å². The molecule has 1 N–H and O–H groups in total. The van der Waals surface area contributed by atoms with Crippen LogP contribution in [0.15, 0.2) is 12.1 Å². The number of aromatic hydroxyl groups is 1. The summed E-state index contributed by atoms with van der Waals surface area (Å²) in [5.41, 5.74) is 0. The standard InChI is InChI=1S/C7H8INO2/c1-2-11-7-5(10)3-4-6(8)9-7/h3-4,10H,2H2,1H3. The lowest BCUT2D eigenvalue weighted by molar-refractivity contribution is 0.304. The average Bonchev–Trinajstić information content (AvgIpc) is 1.98. The van der Waals surface area contributed by atoms with Crippen LogP contribution in [0.2, 0.25) is 0 Å². The zero-order chi connectivity index (χ0) is 8.27. The van der Waals surface area contributed by atoms with Gasteiger partial charge in [-0.25, -0.2) is 4.98 Å². The van der Waals surface area contributed by atoms with Crippen molar-refractivity contribution in [1.29, 1.82) is 0 Å². The lowest BCUT2D eigenvalue weighted by atomic mass is 10.4. The van der Waals surface area contributed by atoms with Gasteiger partial charge in [-0.2, -0.15) is 0 Å². The van der Waals surface area contributed by atoms with Crippen LogP contribution in [0.1, 0.15) is 6.92 Å². The smallest absolute Gasteiger partial charge is 0.257 e. The number of hydrogen-bond donors (Lipinski definition) is 1. The fourth-order valence-electron chi connectivity index (χ4n) is 0.653. The summed E-state index contributed by atoms with van der Waals surface area (Å²) in [6, 6.07) is 3.29. The molecule has 0 spiro atoms. The highest BCUT2D eigenvalue weighted by atomic mass is 127. The Kier molecular flexibility index (Phi) is 2.92. The van der Waals surface area contributed by atoms with E-state index in [1.807, 2.05) is 6.92 Å². The molecule has 4 heteroatoms. The first-order valence-corrected chi connectivity index (χ1v) is 4.30. The maximum Gasteiger partial charge on any atom is 0.257 e. The molecule has 1 rings (SSSR count). The Labute approximate surface area is 78.6 Å². The summed E-state index contributed by atoms with van der Waals surface area (Å²) >= 11 is 2.06. The van der Waals surface area contributed by atoms with Crippen LogP contribution in [0.5, 0.6) is 11.6 Å². The van der Waals surface area contributed by atoms with Gasteiger partial charge in [0.2, 0.25) is 0 Å². The van der Waals surface area contributed by atoms with Gasteiger partial charge in [0, 0.05) is 0 Å².